The number of benzene rings is 1. The van der Waals surface area contributed by atoms with Crippen LogP contribution < -0.4 is 16.4 Å². The summed E-state index contributed by atoms with van der Waals surface area (Å²) in [5, 5.41) is 5.33. The van der Waals surface area contributed by atoms with Crippen LogP contribution in [0.2, 0.25) is 0 Å². The van der Waals surface area contributed by atoms with Crippen LogP contribution in [0.1, 0.15) is 28.8 Å². The van der Waals surface area contributed by atoms with E-state index in [9.17, 15) is 14.0 Å². The zero-order chi connectivity index (χ0) is 14.0. The normalized spacial score (nSPS) is 18.2. The van der Waals surface area contributed by atoms with Crippen molar-refractivity contribution in [3.05, 3.63) is 29.1 Å². The second-order valence-electron chi connectivity index (χ2n) is 4.71. The largest absolute Gasteiger partial charge is 0.399 e. The summed E-state index contributed by atoms with van der Waals surface area (Å²) < 4.78 is 13.8. The Morgan fingerprint density at radius 1 is 1.58 bits per heavy atom. The fraction of sp³-hybridized carbons (Fsp3) is 0.385. The molecule has 0 aromatic heterocycles. The van der Waals surface area contributed by atoms with Gasteiger partial charge in [-0.25, -0.2) is 4.39 Å². The minimum Gasteiger partial charge on any atom is -0.399 e. The van der Waals surface area contributed by atoms with Crippen molar-refractivity contribution < 1.29 is 14.0 Å². The third-order valence-electron chi connectivity index (χ3n) is 3.12. The van der Waals surface area contributed by atoms with Crippen LogP contribution in [0.5, 0.6) is 0 Å². The minimum atomic E-state index is -0.567. The predicted molar refractivity (Wildman–Crippen MR) is 69.0 cm³/mol. The SMILES string of the molecule is Cc1cc(N)cc(C(=O)NCC2CCC(=O)N2)c1F. The summed E-state index contributed by atoms with van der Waals surface area (Å²) in [6.45, 7) is 1.84. The number of aryl methyl sites for hydroxylation is 1. The topological polar surface area (TPSA) is 84.2 Å². The lowest BCUT2D eigenvalue weighted by Crippen LogP contribution is -2.38. The molecule has 0 saturated carbocycles. The second kappa shape index (κ2) is 5.26. The van der Waals surface area contributed by atoms with Crippen LogP contribution in [0.25, 0.3) is 0 Å². The summed E-state index contributed by atoms with van der Waals surface area (Å²) in [6, 6.07) is 2.70. The highest BCUT2D eigenvalue weighted by Gasteiger charge is 2.22. The van der Waals surface area contributed by atoms with Crippen LogP contribution in [0.3, 0.4) is 0 Å². The van der Waals surface area contributed by atoms with E-state index in [-0.39, 0.29) is 24.1 Å². The molecule has 102 valence electrons. The number of hydrogen-bond acceptors (Lipinski definition) is 3. The van der Waals surface area contributed by atoms with Gasteiger partial charge in [-0.1, -0.05) is 0 Å². The van der Waals surface area contributed by atoms with Crippen molar-refractivity contribution in [1.29, 1.82) is 0 Å². The fourth-order valence-corrected chi connectivity index (χ4v) is 2.10. The first-order valence-corrected chi connectivity index (χ1v) is 6.10. The third kappa shape index (κ3) is 3.01. The molecule has 0 spiro atoms. The Balaban J connectivity index is 2.02. The molecule has 4 N–H and O–H groups in total. The molecule has 0 bridgehead atoms. The van der Waals surface area contributed by atoms with E-state index >= 15 is 0 Å². The Bertz CT molecular complexity index is 531. The van der Waals surface area contributed by atoms with Crippen LogP contribution in [0.15, 0.2) is 12.1 Å². The Labute approximate surface area is 110 Å². The van der Waals surface area contributed by atoms with Gasteiger partial charge in [-0.2, -0.15) is 0 Å². The van der Waals surface area contributed by atoms with E-state index in [2.05, 4.69) is 10.6 Å². The Morgan fingerprint density at radius 2 is 2.32 bits per heavy atom. The van der Waals surface area contributed by atoms with Crippen molar-refractivity contribution in [1.82, 2.24) is 10.6 Å². The molecule has 6 heteroatoms. The average Bonchev–Trinajstić information content (AvgIpc) is 2.76. The molecule has 2 amide bonds. The summed E-state index contributed by atoms with van der Waals surface area (Å²) in [7, 11) is 0. The van der Waals surface area contributed by atoms with Gasteiger partial charge in [0.25, 0.3) is 5.91 Å². The molecule has 1 unspecified atom stereocenters. The fourth-order valence-electron chi connectivity index (χ4n) is 2.10. The van der Waals surface area contributed by atoms with Crippen LogP contribution in [0.4, 0.5) is 10.1 Å². The van der Waals surface area contributed by atoms with Crippen molar-refractivity contribution >= 4 is 17.5 Å². The third-order valence-corrected chi connectivity index (χ3v) is 3.12. The van der Waals surface area contributed by atoms with Gasteiger partial charge in [0.1, 0.15) is 5.82 Å². The van der Waals surface area contributed by atoms with Gasteiger partial charge in [-0.15, -0.1) is 0 Å². The molecule has 0 radical (unpaired) electrons. The van der Waals surface area contributed by atoms with Gasteiger partial charge >= 0.3 is 0 Å². The van der Waals surface area contributed by atoms with Gasteiger partial charge < -0.3 is 16.4 Å². The number of hydrogen-bond donors (Lipinski definition) is 3. The number of halogens is 1. The highest BCUT2D eigenvalue weighted by Crippen LogP contribution is 2.17. The Hall–Kier alpha value is -2.11. The molecular weight excluding hydrogens is 249 g/mol. The zero-order valence-electron chi connectivity index (χ0n) is 10.6. The molecule has 1 aliphatic heterocycles. The minimum absolute atomic E-state index is 0.0229. The molecular formula is C13H16FN3O2. The van der Waals surface area contributed by atoms with Crippen molar-refractivity contribution in [2.24, 2.45) is 0 Å². The number of nitrogens with one attached hydrogen (secondary N) is 2. The maximum Gasteiger partial charge on any atom is 0.254 e. The lowest BCUT2D eigenvalue weighted by Gasteiger charge is -2.12. The molecule has 1 saturated heterocycles. The van der Waals surface area contributed by atoms with Crippen molar-refractivity contribution in [2.45, 2.75) is 25.8 Å². The number of anilines is 1. The van der Waals surface area contributed by atoms with Crippen LogP contribution in [-0.2, 0) is 4.79 Å². The van der Waals surface area contributed by atoms with Gasteiger partial charge in [0.2, 0.25) is 5.91 Å². The lowest BCUT2D eigenvalue weighted by molar-refractivity contribution is -0.119. The molecule has 1 aromatic carbocycles. The van der Waals surface area contributed by atoms with E-state index in [1.165, 1.54) is 12.1 Å². The summed E-state index contributed by atoms with van der Waals surface area (Å²) in [6.07, 6.45) is 1.14. The molecule has 1 aliphatic rings. The zero-order valence-corrected chi connectivity index (χ0v) is 10.6. The van der Waals surface area contributed by atoms with Gasteiger partial charge in [0.15, 0.2) is 0 Å². The standard InChI is InChI=1S/C13H16FN3O2/c1-7-4-8(15)5-10(12(7)14)13(19)16-6-9-2-3-11(18)17-9/h4-5,9H,2-3,6,15H2,1H3,(H,16,19)(H,17,18). The molecule has 2 rings (SSSR count). The van der Waals surface area contributed by atoms with E-state index in [1.54, 1.807) is 6.92 Å². The van der Waals surface area contributed by atoms with E-state index in [4.69, 9.17) is 5.73 Å². The lowest BCUT2D eigenvalue weighted by atomic mass is 10.1. The quantitative estimate of drug-likeness (QED) is 0.704. The van der Waals surface area contributed by atoms with E-state index < -0.39 is 11.7 Å². The van der Waals surface area contributed by atoms with Gasteiger partial charge in [-0.3, -0.25) is 9.59 Å². The molecule has 1 atom stereocenters. The summed E-state index contributed by atoms with van der Waals surface area (Å²) >= 11 is 0. The molecule has 0 aliphatic carbocycles. The van der Waals surface area contributed by atoms with Gasteiger partial charge in [0, 0.05) is 24.7 Å². The van der Waals surface area contributed by atoms with Gasteiger partial charge in [0.05, 0.1) is 5.56 Å². The maximum atomic E-state index is 13.8. The highest BCUT2D eigenvalue weighted by molar-refractivity contribution is 5.95. The van der Waals surface area contributed by atoms with Crippen molar-refractivity contribution in [2.75, 3.05) is 12.3 Å². The number of rotatable bonds is 3. The molecule has 1 fully saturated rings. The number of amides is 2. The number of carbonyl (C=O) groups is 2. The Morgan fingerprint density at radius 3 is 2.95 bits per heavy atom. The van der Waals surface area contributed by atoms with Crippen LogP contribution in [0, 0.1) is 12.7 Å². The van der Waals surface area contributed by atoms with E-state index in [0.29, 0.717) is 24.1 Å². The number of carbonyl (C=O) groups excluding carboxylic acids is 2. The average molecular weight is 265 g/mol. The molecule has 19 heavy (non-hydrogen) atoms. The first-order chi connectivity index (χ1) is 8.97. The van der Waals surface area contributed by atoms with E-state index in [0.717, 1.165) is 0 Å². The van der Waals surface area contributed by atoms with Gasteiger partial charge in [-0.05, 0) is 31.0 Å². The molecule has 1 aromatic rings. The smallest absolute Gasteiger partial charge is 0.254 e. The van der Waals surface area contributed by atoms with Crippen molar-refractivity contribution in [3.63, 3.8) is 0 Å². The van der Waals surface area contributed by atoms with E-state index in [1.807, 2.05) is 0 Å². The van der Waals surface area contributed by atoms with Crippen LogP contribution >= 0.6 is 0 Å². The first kappa shape index (κ1) is 13.3. The summed E-state index contributed by atoms with van der Waals surface area (Å²) in [4.78, 5) is 22.9. The summed E-state index contributed by atoms with van der Waals surface area (Å²) in [5.41, 5.74) is 6.21. The number of nitrogens with two attached hydrogens (primary N) is 1. The highest BCUT2D eigenvalue weighted by atomic mass is 19.1. The second-order valence-corrected chi connectivity index (χ2v) is 4.71. The Kier molecular flexibility index (Phi) is 3.69. The van der Waals surface area contributed by atoms with Crippen LogP contribution in [-0.4, -0.2) is 24.4 Å². The number of nitrogen functional groups attached to an aromatic ring is 1. The molecule has 5 nitrogen and oxygen atoms in total. The monoisotopic (exact) mass is 265 g/mol. The predicted octanol–water partition coefficient (Wildman–Crippen LogP) is 0.725. The maximum absolute atomic E-state index is 13.8. The molecule has 1 heterocycles. The van der Waals surface area contributed by atoms with Crippen molar-refractivity contribution in [3.8, 4) is 0 Å². The first-order valence-electron chi connectivity index (χ1n) is 6.10. The summed E-state index contributed by atoms with van der Waals surface area (Å²) in [5.74, 6) is -1.11.